The number of thiophene rings is 1. The van der Waals surface area contributed by atoms with Gasteiger partial charge in [-0.05, 0) is 60.5 Å². The van der Waals surface area contributed by atoms with E-state index in [-0.39, 0.29) is 11.3 Å². The van der Waals surface area contributed by atoms with E-state index in [1.165, 1.54) is 16.9 Å². The van der Waals surface area contributed by atoms with Gasteiger partial charge in [0.2, 0.25) is 0 Å². The molecular weight excluding hydrogens is 356 g/mol. The van der Waals surface area contributed by atoms with Gasteiger partial charge < -0.3 is 15.4 Å². The van der Waals surface area contributed by atoms with Crippen molar-refractivity contribution in [3.8, 4) is 16.9 Å². The van der Waals surface area contributed by atoms with Crippen molar-refractivity contribution in [1.29, 1.82) is 0 Å². The molecular formula is C22H22N2O2S. The number of aryl methyl sites for hydroxylation is 3. The summed E-state index contributed by atoms with van der Waals surface area (Å²) in [6.45, 7) is 2.61. The Morgan fingerprint density at radius 3 is 2.63 bits per heavy atom. The molecule has 2 heterocycles. The number of nitrogens with two attached hydrogens (primary N) is 1. The van der Waals surface area contributed by atoms with Crippen molar-refractivity contribution in [2.45, 2.75) is 19.8 Å². The first-order chi connectivity index (χ1) is 13.0. The summed E-state index contributed by atoms with van der Waals surface area (Å²) < 4.78 is 2.41. The van der Waals surface area contributed by atoms with E-state index >= 15 is 0 Å². The zero-order valence-electron chi connectivity index (χ0n) is 15.5. The minimum absolute atomic E-state index is 0.00405. The molecule has 0 unspecified atom stereocenters. The first-order valence-corrected chi connectivity index (χ1v) is 9.92. The largest absolute Gasteiger partial charge is 0.507 e. The molecule has 0 aliphatic carbocycles. The van der Waals surface area contributed by atoms with Gasteiger partial charge >= 0.3 is 0 Å². The van der Waals surface area contributed by atoms with Gasteiger partial charge in [-0.1, -0.05) is 24.3 Å². The zero-order valence-corrected chi connectivity index (χ0v) is 16.3. The average Bonchev–Trinajstić information content (AvgIpc) is 3.14. The van der Waals surface area contributed by atoms with Crippen LogP contribution in [0.2, 0.25) is 0 Å². The van der Waals surface area contributed by atoms with Crippen molar-refractivity contribution in [3.05, 3.63) is 63.3 Å². The maximum absolute atomic E-state index is 12.7. The Morgan fingerprint density at radius 1 is 1.19 bits per heavy atom. The maximum Gasteiger partial charge on any atom is 0.268 e. The highest BCUT2D eigenvalue weighted by Gasteiger charge is 2.19. The monoisotopic (exact) mass is 378 g/mol. The van der Waals surface area contributed by atoms with Crippen molar-refractivity contribution in [1.82, 2.24) is 4.57 Å². The van der Waals surface area contributed by atoms with Gasteiger partial charge in [-0.3, -0.25) is 4.79 Å². The standard InChI is InChI=1S/C22H22N2O2S/c1-13-12-17(25)18(15-7-5-14(6-8-15)4-3-10-23)19-16-9-11-27-21(16)22(26)24(2)20(13)19/h5-9,11-12,25H,3-4,10,23H2,1-2H3. The molecule has 0 aliphatic heterocycles. The number of fused-ring (bicyclic) bond motifs is 3. The Balaban J connectivity index is 2.05. The Hall–Kier alpha value is -2.63. The Bertz CT molecular complexity index is 1200. The quantitative estimate of drug-likeness (QED) is 0.555. The fourth-order valence-corrected chi connectivity index (χ4v) is 4.72. The second kappa shape index (κ2) is 6.83. The lowest BCUT2D eigenvalue weighted by Gasteiger charge is -2.16. The van der Waals surface area contributed by atoms with Crippen LogP contribution in [0.5, 0.6) is 5.75 Å². The molecule has 3 N–H and O–H groups in total. The predicted octanol–water partition coefficient (Wildman–Crippen LogP) is 4.33. The van der Waals surface area contributed by atoms with E-state index < -0.39 is 0 Å². The van der Waals surface area contributed by atoms with Crippen LogP contribution in [-0.4, -0.2) is 16.2 Å². The fraction of sp³-hybridized carbons (Fsp3) is 0.227. The summed E-state index contributed by atoms with van der Waals surface area (Å²) in [5.74, 6) is 0.237. The summed E-state index contributed by atoms with van der Waals surface area (Å²) in [7, 11) is 1.80. The van der Waals surface area contributed by atoms with Gasteiger partial charge in [-0.25, -0.2) is 0 Å². The highest BCUT2D eigenvalue weighted by atomic mass is 32.1. The van der Waals surface area contributed by atoms with Crippen molar-refractivity contribution in [3.63, 3.8) is 0 Å². The highest BCUT2D eigenvalue weighted by Crippen LogP contribution is 2.41. The summed E-state index contributed by atoms with van der Waals surface area (Å²) in [5, 5.41) is 14.6. The van der Waals surface area contributed by atoms with E-state index in [1.54, 1.807) is 17.7 Å². The second-order valence-corrected chi connectivity index (χ2v) is 7.84. The second-order valence-electron chi connectivity index (χ2n) is 6.93. The smallest absolute Gasteiger partial charge is 0.268 e. The molecule has 5 heteroatoms. The number of rotatable bonds is 4. The summed E-state index contributed by atoms with van der Waals surface area (Å²) in [6, 6.07) is 12.0. The normalized spacial score (nSPS) is 11.5. The van der Waals surface area contributed by atoms with E-state index in [2.05, 4.69) is 12.1 Å². The molecule has 0 spiro atoms. The van der Waals surface area contributed by atoms with Gasteiger partial charge in [0.05, 0.1) is 5.52 Å². The minimum Gasteiger partial charge on any atom is -0.507 e. The van der Waals surface area contributed by atoms with Crippen molar-refractivity contribution in [2.75, 3.05) is 6.54 Å². The lowest BCUT2D eigenvalue weighted by molar-refractivity contribution is 0.477. The van der Waals surface area contributed by atoms with Gasteiger partial charge in [-0.2, -0.15) is 0 Å². The fourth-order valence-electron chi connectivity index (χ4n) is 3.85. The molecule has 0 amide bonds. The Morgan fingerprint density at radius 2 is 1.93 bits per heavy atom. The van der Waals surface area contributed by atoms with Crippen LogP contribution in [0.3, 0.4) is 0 Å². The first kappa shape index (κ1) is 17.8. The van der Waals surface area contributed by atoms with Crippen LogP contribution in [0.1, 0.15) is 17.5 Å². The van der Waals surface area contributed by atoms with E-state index in [1.807, 2.05) is 30.5 Å². The summed E-state index contributed by atoms with van der Waals surface area (Å²) in [6.07, 6.45) is 1.90. The van der Waals surface area contributed by atoms with Crippen molar-refractivity contribution >= 4 is 32.3 Å². The van der Waals surface area contributed by atoms with Crippen LogP contribution in [0.15, 0.2) is 46.6 Å². The number of aromatic hydroxyl groups is 1. The van der Waals surface area contributed by atoms with Gasteiger partial charge in [0.15, 0.2) is 0 Å². The number of pyridine rings is 1. The van der Waals surface area contributed by atoms with E-state index in [0.29, 0.717) is 6.54 Å². The molecule has 0 radical (unpaired) electrons. The lowest BCUT2D eigenvalue weighted by atomic mass is 9.94. The molecule has 0 saturated heterocycles. The van der Waals surface area contributed by atoms with Crippen LogP contribution in [0.4, 0.5) is 0 Å². The van der Waals surface area contributed by atoms with E-state index in [9.17, 15) is 9.90 Å². The molecule has 2 aromatic heterocycles. The van der Waals surface area contributed by atoms with Crippen LogP contribution in [0.25, 0.3) is 32.1 Å². The van der Waals surface area contributed by atoms with Crippen LogP contribution in [-0.2, 0) is 13.5 Å². The van der Waals surface area contributed by atoms with Gasteiger partial charge in [0, 0.05) is 23.4 Å². The van der Waals surface area contributed by atoms with Crippen LogP contribution >= 0.6 is 11.3 Å². The Labute approximate surface area is 161 Å². The van der Waals surface area contributed by atoms with Gasteiger partial charge in [0.1, 0.15) is 10.4 Å². The molecule has 0 bridgehead atoms. The molecule has 27 heavy (non-hydrogen) atoms. The number of aromatic nitrogens is 1. The molecule has 138 valence electrons. The molecule has 0 atom stereocenters. The molecule has 4 nitrogen and oxygen atoms in total. The summed E-state index contributed by atoms with van der Waals surface area (Å²) in [5.41, 5.74) is 10.3. The number of benzene rings is 2. The zero-order chi connectivity index (χ0) is 19.1. The molecule has 0 fully saturated rings. The third-order valence-electron chi connectivity index (χ3n) is 5.15. The van der Waals surface area contributed by atoms with E-state index in [0.717, 1.165) is 50.5 Å². The molecule has 4 rings (SSSR count). The lowest BCUT2D eigenvalue weighted by Crippen LogP contribution is -2.17. The number of phenolic OH excluding ortho intramolecular Hbond substituents is 1. The summed E-state index contributed by atoms with van der Waals surface area (Å²) in [4.78, 5) is 12.7. The molecule has 4 aromatic rings. The predicted molar refractivity (Wildman–Crippen MR) is 114 cm³/mol. The molecule has 2 aromatic carbocycles. The van der Waals surface area contributed by atoms with Crippen LogP contribution in [0, 0.1) is 6.92 Å². The number of nitrogens with zero attached hydrogens (tertiary/aromatic N) is 1. The van der Waals surface area contributed by atoms with Gasteiger partial charge in [-0.15, -0.1) is 11.3 Å². The van der Waals surface area contributed by atoms with Gasteiger partial charge in [0.25, 0.3) is 5.56 Å². The third kappa shape index (κ3) is 2.83. The maximum atomic E-state index is 12.7. The summed E-state index contributed by atoms with van der Waals surface area (Å²) >= 11 is 1.44. The number of hydrogen-bond acceptors (Lipinski definition) is 4. The molecule has 0 aliphatic rings. The number of phenols is 1. The SMILES string of the molecule is Cc1cc(O)c(-c2ccc(CCCN)cc2)c2c3ccsc3c(=O)n(C)c12. The van der Waals surface area contributed by atoms with Crippen molar-refractivity contribution < 1.29 is 5.11 Å². The Kier molecular flexibility index (Phi) is 4.50. The first-order valence-electron chi connectivity index (χ1n) is 9.04. The topological polar surface area (TPSA) is 68.2 Å². The number of hydrogen-bond donors (Lipinski definition) is 2. The third-order valence-corrected chi connectivity index (χ3v) is 6.05. The minimum atomic E-state index is 0.00405. The highest BCUT2D eigenvalue weighted by molar-refractivity contribution is 7.17. The average molecular weight is 378 g/mol. The van der Waals surface area contributed by atoms with E-state index in [4.69, 9.17) is 5.73 Å². The molecule has 0 saturated carbocycles. The van der Waals surface area contributed by atoms with Crippen molar-refractivity contribution in [2.24, 2.45) is 12.8 Å². The van der Waals surface area contributed by atoms with Crippen LogP contribution < -0.4 is 11.3 Å².